The molecule has 2 aromatic rings. The number of thioether (sulfide) groups is 1. The van der Waals surface area contributed by atoms with Crippen molar-refractivity contribution in [3.8, 4) is 11.3 Å². The summed E-state index contributed by atoms with van der Waals surface area (Å²) in [5, 5.41) is 10.4. The first kappa shape index (κ1) is 29.5. The molecule has 0 aliphatic heterocycles. The molecule has 1 aliphatic carbocycles. The van der Waals surface area contributed by atoms with E-state index in [2.05, 4.69) is 20.2 Å². The summed E-state index contributed by atoms with van der Waals surface area (Å²) in [6.07, 6.45) is 7.48. The molecule has 202 valence electrons. The topological polar surface area (TPSA) is 101 Å². The number of Topliss-reactive ketones (excluding diaryl/α,β-unsaturated/α-hetero) is 2. The van der Waals surface area contributed by atoms with E-state index in [1.165, 1.54) is 18.0 Å². The van der Waals surface area contributed by atoms with E-state index in [0.29, 0.717) is 5.69 Å². The SMILES string of the molecule is CN[C@@H](C)C(=O)C[C@H](C(=O)N[C@H](C(=O)Cc1snnc1-c1ccccc1)C(C)(C)SC)C1CCCCC1. The zero-order valence-electron chi connectivity index (χ0n) is 22.6. The minimum atomic E-state index is -0.705. The first-order valence-corrected chi connectivity index (χ1v) is 15.1. The number of nitrogens with zero attached hydrogens (tertiary/aromatic N) is 2. The van der Waals surface area contributed by atoms with Crippen molar-refractivity contribution in [3.63, 3.8) is 0 Å². The molecule has 1 fully saturated rings. The quantitative estimate of drug-likeness (QED) is 0.377. The number of carbonyl (C=O) groups is 3. The zero-order chi connectivity index (χ0) is 27.0. The van der Waals surface area contributed by atoms with Gasteiger partial charge in [-0.25, -0.2) is 0 Å². The van der Waals surface area contributed by atoms with Crippen molar-refractivity contribution >= 4 is 40.8 Å². The molecule has 37 heavy (non-hydrogen) atoms. The van der Waals surface area contributed by atoms with E-state index in [4.69, 9.17) is 0 Å². The van der Waals surface area contributed by atoms with Crippen LogP contribution >= 0.6 is 23.3 Å². The molecule has 1 heterocycles. The highest BCUT2D eigenvalue weighted by molar-refractivity contribution is 8.00. The summed E-state index contributed by atoms with van der Waals surface area (Å²) in [5.74, 6) is -0.502. The van der Waals surface area contributed by atoms with E-state index < -0.39 is 16.7 Å². The Morgan fingerprint density at radius 2 is 1.78 bits per heavy atom. The van der Waals surface area contributed by atoms with Gasteiger partial charge < -0.3 is 10.6 Å². The van der Waals surface area contributed by atoms with Crippen LogP contribution in [0.1, 0.15) is 64.2 Å². The fourth-order valence-corrected chi connectivity index (χ4v) is 6.07. The molecule has 1 amide bonds. The van der Waals surface area contributed by atoms with Crippen LogP contribution in [0.3, 0.4) is 0 Å². The van der Waals surface area contributed by atoms with Crippen LogP contribution in [0.15, 0.2) is 30.3 Å². The third-order valence-electron chi connectivity index (χ3n) is 7.66. The van der Waals surface area contributed by atoms with Crippen LogP contribution in [-0.4, -0.2) is 57.2 Å². The maximum atomic E-state index is 13.8. The van der Waals surface area contributed by atoms with Crippen molar-refractivity contribution in [2.75, 3.05) is 13.3 Å². The van der Waals surface area contributed by atoms with Gasteiger partial charge in [0.2, 0.25) is 5.91 Å². The molecular weight excluding hydrogens is 504 g/mol. The van der Waals surface area contributed by atoms with Gasteiger partial charge in [-0.2, -0.15) is 11.8 Å². The predicted molar refractivity (Wildman–Crippen MR) is 152 cm³/mol. The molecule has 1 aromatic carbocycles. The summed E-state index contributed by atoms with van der Waals surface area (Å²) in [6.45, 7) is 5.79. The molecule has 2 N–H and O–H groups in total. The predicted octanol–water partition coefficient (Wildman–Crippen LogP) is 4.71. The molecule has 0 unspecified atom stereocenters. The third kappa shape index (κ3) is 7.71. The van der Waals surface area contributed by atoms with Crippen molar-refractivity contribution in [2.45, 2.75) is 82.5 Å². The van der Waals surface area contributed by atoms with Crippen molar-refractivity contribution in [2.24, 2.45) is 11.8 Å². The average molecular weight is 545 g/mol. The van der Waals surface area contributed by atoms with E-state index in [9.17, 15) is 14.4 Å². The Labute approximate surface area is 229 Å². The Balaban J connectivity index is 1.83. The van der Waals surface area contributed by atoms with Crippen LogP contribution < -0.4 is 10.6 Å². The number of benzene rings is 1. The fourth-order valence-electron chi connectivity index (χ4n) is 4.97. The van der Waals surface area contributed by atoms with Gasteiger partial charge in [0.15, 0.2) is 5.78 Å². The lowest BCUT2D eigenvalue weighted by Gasteiger charge is -2.35. The number of hydrogen-bond acceptors (Lipinski definition) is 8. The standard InChI is InChI=1S/C28H40N4O3S2/c1-18(29-4)22(33)16-21(19-12-8-6-9-13-19)27(35)30-26(28(2,3)36-5)23(34)17-24-25(31-32-37-24)20-14-10-7-11-15-20/h7,10-11,14-15,18-19,21,26,29H,6,8-9,12-13,16-17H2,1-5H3,(H,30,35)/t18-,21-,26+/m0/s1. The highest BCUT2D eigenvalue weighted by Crippen LogP contribution is 2.34. The second-order valence-corrected chi connectivity index (χ2v) is 12.8. The molecule has 1 aliphatic rings. The normalized spacial score (nSPS) is 17.1. The molecule has 0 saturated heterocycles. The Bertz CT molecular complexity index is 1050. The van der Waals surface area contributed by atoms with Gasteiger partial charge in [-0.1, -0.05) is 54.1 Å². The first-order chi connectivity index (χ1) is 17.7. The Hall–Kier alpha value is -2.10. The van der Waals surface area contributed by atoms with Crippen molar-refractivity contribution in [3.05, 3.63) is 35.2 Å². The highest BCUT2D eigenvalue weighted by Gasteiger charge is 2.40. The largest absolute Gasteiger partial charge is 0.345 e. The maximum Gasteiger partial charge on any atom is 0.224 e. The summed E-state index contributed by atoms with van der Waals surface area (Å²) >= 11 is 2.77. The van der Waals surface area contributed by atoms with Crippen LogP contribution in [0, 0.1) is 11.8 Å². The Morgan fingerprint density at radius 3 is 2.41 bits per heavy atom. The van der Waals surface area contributed by atoms with Gasteiger partial charge in [0.1, 0.15) is 17.5 Å². The van der Waals surface area contributed by atoms with Crippen LogP contribution in [0.25, 0.3) is 11.3 Å². The number of carbonyl (C=O) groups excluding carboxylic acids is 3. The number of amides is 1. The summed E-state index contributed by atoms with van der Waals surface area (Å²) in [5.41, 5.74) is 1.62. The van der Waals surface area contributed by atoms with Gasteiger partial charge in [-0.05, 0) is 64.4 Å². The monoisotopic (exact) mass is 544 g/mol. The van der Waals surface area contributed by atoms with E-state index in [-0.39, 0.29) is 42.3 Å². The second-order valence-electron chi connectivity index (χ2n) is 10.5. The lowest BCUT2D eigenvalue weighted by Crippen LogP contribution is -2.55. The van der Waals surface area contributed by atoms with E-state index >= 15 is 0 Å². The number of aromatic nitrogens is 2. The van der Waals surface area contributed by atoms with Gasteiger partial charge in [0.05, 0.1) is 10.9 Å². The summed E-state index contributed by atoms with van der Waals surface area (Å²) < 4.78 is 3.57. The molecule has 0 bridgehead atoms. The molecule has 7 nitrogen and oxygen atoms in total. The van der Waals surface area contributed by atoms with Crippen molar-refractivity contribution < 1.29 is 14.4 Å². The first-order valence-electron chi connectivity index (χ1n) is 13.1. The fraction of sp³-hybridized carbons (Fsp3) is 0.607. The number of ketones is 2. The van der Waals surface area contributed by atoms with Crippen LogP contribution in [0.5, 0.6) is 0 Å². The summed E-state index contributed by atoms with van der Waals surface area (Å²) in [7, 11) is 1.76. The van der Waals surface area contributed by atoms with Crippen LogP contribution in [0.4, 0.5) is 0 Å². The smallest absolute Gasteiger partial charge is 0.224 e. The highest BCUT2D eigenvalue weighted by atomic mass is 32.2. The lowest BCUT2D eigenvalue weighted by atomic mass is 9.76. The minimum absolute atomic E-state index is 0.0310. The third-order valence-corrected chi connectivity index (χ3v) is 9.67. The molecule has 9 heteroatoms. The minimum Gasteiger partial charge on any atom is -0.345 e. The summed E-state index contributed by atoms with van der Waals surface area (Å²) in [4.78, 5) is 41.2. The lowest BCUT2D eigenvalue weighted by molar-refractivity contribution is -0.135. The number of likely N-dealkylation sites (N-methyl/N-ethyl adjacent to an activating group) is 1. The average Bonchev–Trinajstić information content (AvgIpc) is 3.38. The molecule has 1 saturated carbocycles. The number of rotatable bonds is 13. The van der Waals surface area contributed by atoms with E-state index in [1.54, 1.807) is 18.8 Å². The van der Waals surface area contributed by atoms with Gasteiger partial charge in [-0.15, -0.1) is 5.10 Å². The Morgan fingerprint density at radius 1 is 1.11 bits per heavy atom. The molecule has 3 atom stereocenters. The van der Waals surface area contributed by atoms with Gasteiger partial charge in [0, 0.05) is 29.1 Å². The number of nitrogens with one attached hydrogen (secondary N) is 2. The molecule has 1 aromatic heterocycles. The molecular formula is C28H40N4O3S2. The van der Waals surface area contributed by atoms with E-state index in [1.807, 2.05) is 57.4 Å². The van der Waals surface area contributed by atoms with E-state index in [0.717, 1.165) is 36.1 Å². The maximum absolute atomic E-state index is 13.8. The van der Waals surface area contributed by atoms with Gasteiger partial charge >= 0.3 is 0 Å². The van der Waals surface area contributed by atoms with Crippen molar-refractivity contribution in [1.82, 2.24) is 20.2 Å². The van der Waals surface area contributed by atoms with Crippen molar-refractivity contribution in [1.29, 1.82) is 0 Å². The summed E-state index contributed by atoms with van der Waals surface area (Å²) in [6, 6.07) is 8.69. The molecule has 0 spiro atoms. The molecule has 0 radical (unpaired) electrons. The molecule has 3 rings (SSSR count). The Kier molecular flexibility index (Phi) is 10.8. The van der Waals surface area contributed by atoms with Crippen LogP contribution in [0.2, 0.25) is 0 Å². The second kappa shape index (κ2) is 13.6. The number of hydrogen-bond donors (Lipinski definition) is 2. The van der Waals surface area contributed by atoms with Crippen LogP contribution in [-0.2, 0) is 20.8 Å². The van der Waals surface area contributed by atoms with Gasteiger partial charge in [-0.3, -0.25) is 14.4 Å². The van der Waals surface area contributed by atoms with Gasteiger partial charge in [0.25, 0.3) is 0 Å². The zero-order valence-corrected chi connectivity index (χ0v) is 24.2.